The van der Waals surface area contributed by atoms with Gasteiger partial charge in [-0.15, -0.1) is 22.7 Å². The number of nitrogens with zero attached hydrogens (tertiary/aromatic N) is 2. The predicted octanol–water partition coefficient (Wildman–Crippen LogP) is 2.26. The summed E-state index contributed by atoms with van der Waals surface area (Å²) in [7, 11) is 0. The number of ether oxygens (including phenoxy) is 1. The summed E-state index contributed by atoms with van der Waals surface area (Å²) >= 11 is 2.41. The maximum Gasteiger partial charge on any atom is 0.349 e. The molecular weight excluding hydrogens is 376 g/mol. The molecule has 4 rings (SSSR count). The van der Waals surface area contributed by atoms with Crippen LogP contribution in [0.3, 0.4) is 0 Å². The smallest absolute Gasteiger partial charge is 0.349 e. The lowest BCUT2D eigenvalue weighted by Gasteiger charge is -2.03. The van der Waals surface area contributed by atoms with Gasteiger partial charge in [-0.05, 0) is 30.9 Å². The van der Waals surface area contributed by atoms with Crippen molar-refractivity contribution in [2.75, 3.05) is 0 Å². The third kappa shape index (κ3) is 2.72. The molecule has 10 heteroatoms. The van der Waals surface area contributed by atoms with E-state index in [-0.39, 0.29) is 23.5 Å². The number of carbonyl (C=O) groups excluding carboxylic acids is 1. The van der Waals surface area contributed by atoms with Gasteiger partial charge in [-0.2, -0.15) is 0 Å². The molecule has 0 amide bonds. The number of rotatable bonds is 3. The number of H-pyrrole nitrogens is 2. The van der Waals surface area contributed by atoms with Crippen LogP contribution in [0.5, 0.6) is 0 Å². The lowest BCUT2D eigenvalue weighted by atomic mass is 10.2. The first-order chi connectivity index (χ1) is 12.4. The largest absolute Gasteiger partial charge is 0.453 e. The van der Waals surface area contributed by atoms with Crippen LogP contribution in [0.25, 0.3) is 20.4 Å². The van der Waals surface area contributed by atoms with Crippen molar-refractivity contribution in [2.45, 2.75) is 20.5 Å². The van der Waals surface area contributed by atoms with Crippen LogP contribution in [-0.2, 0) is 11.3 Å². The molecule has 0 spiro atoms. The molecule has 0 saturated carbocycles. The van der Waals surface area contributed by atoms with Gasteiger partial charge in [0.2, 0.25) is 0 Å². The fraction of sp³-hybridized carbons (Fsp3) is 0.188. The molecule has 0 aromatic carbocycles. The number of esters is 1. The number of hydrogen-bond donors (Lipinski definition) is 2. The Morgan fingerprint density at radius 1 is 1.19 bits per heavy atom. The third-order valence-electron chi connectivity index (χ3n) is 3.81. The van der Waals surface area contributed by atoms with Crippen molar-refractivity contribution in [3.63, 3.8) is 0 Å². The standard InChI is InChI=1S/C16H12N4O4S2/c1-6-10-13(21)17-7(2)18-15(10)26-11(6)16(23)24-5-9-19-8-3-4-25-12(8)14(22)20-9/h3-4H,5H2,1-2H3,(H,17,18,21)(H,19,20,22). The van der Waals surface area contributed by atoms with Crippen molar-refractivity contribution >= 4 is 49.1 Å². The molecule has 0 atom stereocenters. The van der Waals surface area contributed by atoms with Crippen molar-refractivity contribution < 1.29 is 9.53 Å². The Kier molecular flexibility index (Phi) is 3.93. The van der Waals surface area contributed by atoms with Gasteiger partial charge < -0.3 is 14.7 Å². The Hall–Kier alpha value is -2.85. The highest BCUT2D eigenvalue weighted by atomic mass is 32.1. The molecule has 0 aliphatic carbocycles. The van der Waals surface area contributed by atoms with Crippen molar-refractivity contribution in [3.05, 3.63) is 54.2 Å². The number of thiophene rings is 2. The van der Waals surface area contributed by atoms with Crippen LogP contribution in [0.15, 0.2) is 21.0 Å². The maximum atomic E-state index is 12.4. The molecule has 4 aromatic heterocycles. The first kappa shape index (κ1) is 16.6. The summed E-state index contributed by atoms with van der Waals surface area (Å²) in [5.74, 6) is 0.157. The van der Waals surface area contributed by atoms with E-state index < -0.39 is 5.97 Å². The van der Waals surface area contributed by atoms with Crippen LogP contribution < -0.4 is 11.1 Å². The number of aromatic nitrogens is 4. The van der Waals surface area contributed by atoms with Gasteiger partial charge in [0.25, 0.3) is 11.1 Å². The number of nitrogens with one attached hydrogen (secondary N) is 2. The SMILES string of the molecule is Cc1nc2sc(C(=O)OCc3nc4ccsc4c(=O)[nH]3)c(C)c2c(=O)[nH]1. The second-order valence-corrected chi connectivity index (χ2v) is 7.53. The fourth-order valence-electron chi connectivity index (χ4n) is 2.64. The fourth-order valence-corrected chi connectivity index (χ4v) is 4.48. The normalized spacial score (nSPS) is 11.3. The summed E-state index contributed by atoms with van der Waals surface area (Å²) in [4.78, 5) is 51.0. The van der Waals surface area contributed by atoms with Gasteiger partial charge >= 0.3 is 5.97 Å². The molecule has 0 fully saturated rings. The van der Waals surface area contributed by atoms with E-state index in [0.29, 0.717) is 36.7 Å². The van der Waals surface area contributed by atoms with Crippen LogP contribution in [-0.4, -0.2) is 25.9 Å². The summed E-state index contributed by atoms with van der Waals surface area (Å²) < 4.78 is 5.81. The van der Waals surface area contributed by atoms with Crippen LogP contribution in [0.2, 0.25) is 0 Å². The van der Waals surface area contributed by atoms with Crippen molar-refractivity contribution in [1.29, 1.82) is 0 Å². The third-order valence-corrected chi connectivity index (χ3v) is 5.88. The number of carbonyl (C=O) groups is 1. The Morgan fingerprint density at radius 2 is 2.00 bits per heavy atom. The molecule has 4 heterocycles. The highest BCUT2D eigenvalue weighted by molar-refractivity contribution is 7.20. The van der Waals surface area contributed by atoms with Crippen molar-refractivity contribution in [3.8, 4) is 0 Å². The molecule has 8 nitrogen and oxygen atoms in total. The van der Waals surface area contributed by atoms with Gasteiger partial charge in [0.15, 0.2) is 0 Å². The zero-order valence-corrected chi connectivity index (χ0v) is 15.3. The van der Waals surface area contributed by atoms with E-state index in [0.717, 1.165) is 11.3 Å². The van der Waals surface area contributed by atoms with Gasteiger partial charge in [-0.3, -0.25) is 9.59 Å². The molecule has 0 unspecified atom stereocenters. The summed E-state index contributed by atoms with van der Waals surface area (Å²) in [6.07, 6.45) is 0. The lowest BCUT2D eigenvalue weighted by Crippen LogP contribution is -2.13. The molecule has 2 N–H and O–H groups in total. The Bertz CT molecular complexity index is 1280. The Morgan fingerprint density at radius 3 is 2.81 bits per heavy atom. The molecule has 26 heavy (non-hydrogen) atoms. The van der Waals surface area contributed by atoms with Gasteiger partial charge in [0, 0.05) is 0 Å². The highest BCUT2D eigenvalue weighted by Gasteiger charge is 2.20. The predicted molar refractivity (Wildman–Crippen MR) is 99.1 cm³/mol. The maximum absolute atomic E-state index is 12.4. The van der Waals surface area contributed by atoms with E-state index in [1.807, 2.05) is 0 Å². The quantitative estimate of drug-likeness (QED) is 0.520. The minimum atomic E-state index is -0.587. The summed E-state index contributed by atoms with van der Waals surface area (Å²) in [5, 5.41) is 2.16. The number of aryl methyl sites for hydroxylation is 2. The Labute approximate surface area is 153 Å². The topological polar surface area (TPSA) is 118 Å². The van der Waals surface area contributed by atoms with E-state index in [1.165, 1.54) is 11.3 Å². The van der Waals surface area contributed by atoms with Gasteiger partial charge in [0.1, 0.15) is 32.7 Å². The second-order valence-electron chi connectivity index (χ2n) is 5.61. The highest BCUT2D eigenvalue weighted by Crippen LogP contribution is 2.27. The summed E-state index contributed by atoms with van der Waals surface area (Å²) in [6.45, 7) is 3.19. The minimum absolute atomic E-state index is 0.170. The zero-order valence-electron chi connectivity index (χ0n) is 13.7. The van der Waals surface area contributed by atoms with Gasteiger partial charge in [-0.25, -0.2) is 14.8 Å². The molecule has 0 aliphatic rings. The zero-order chi connectivity index (χ0) is 18.4. The van der Waals surface area contributed by atoms with Crippen LogP contribution in [0.1, 0.15) is 26.9 Å². The molecule has 4 aromatic rings. The summed E-state index contributed by atoms with van der Waals surface area (Å²) in [5.41, 5.74) is 0.544. The Balaban J connectivity index is 1.63. The number of fused-ring (bicyclic) bond motifs is 2. The number of hydrogen-bond acceptors (Lipinski definition) is 8. The van der Waals surface area contributed by atoms with Crippen LogP contribution in [0, 0.1) is 13.8 Å². The van der Waals surface area contributed by atoms with E-state index in [2.05, 4.69) is 19.9 Å². The average molecular weight is 388 g/mol. The van der Waals surface area contributed by atoms with Gasteiger partial charge in [0.05, 0.1) is 10.9 Å². The van der Waals surface area contributed by atoms with Crippen LogP contribution in [0.4, 0.5) is 0 Å². The molecule has 132 valence electrons. The van der Waals surface area contributed by atoms with E-state index in [1.54, 1.807) is 25.3 Å². The summed E-state index contributed by atoms with van der Waals surface area (Å²) in [6, 6.07) is 1.73. The molecular formula is C16H12N4O4S2. The molecule has 0 radical (unpaired) electrons. The molecule has 0 aliphatic heterocycles. The second kappa shape index (κ2) is 6.15. The lowest BCUT2D eigenvalue weighted by molar-refractivity contribution is 0.0467. The van der Waals surface area contributed by atoms with Crippen molar-refractivity contribution in [2.24, 2.45) is 0 Å². The molecule has 0 bridgehead atoms. The van der Waals surface area contributed by atoms with Gasteiger partial charge in [-0.1, -0.05) is 0 Å². The first-order valence-corrected chi connectivity index (χ1v) is 9.27. The number of aromatic amines is 2. The molecule has 0 saturated heterocycles. The average Bonchev–Trinajstić information content (AvgIpc) is 3.17. The van der Waals surface area contributed by atoms with E-state index in [9.17, 15) is 14.4 Å². The van der Waals surface area contributed by atoms with Crippen LogP contribution >= 0.6 is 22.7 Å². The van der Waals surface area contributed by atoms with E-state index >= 15 is 0 Å². The van der Waals surface area contributed by atoms with Crippen molar-refractivity contribution in [1.82, 2.24) is 19.9 Å². The first-order valence-electron chi connectivity index (χ1n) is 7.57. The monoisotopic (exact) mass is 388 g/mol. The minimum Gasteiger partial charge on any atom is -0.453 e. The van der Waals surface area contributed by atoms with E-state index in [4.69, 9.17) is 4.74 Å².